The van der Waals surface area contributed by atoms with Gasteiger partial charge in [-0.15, -0.1) is 0 Å². The Labute approximate surface area is 232 Å². The summed E-state index contributed by atoms with van der Waals surface area (Å²) < 4.78 is 35.5. The summed E-state index contributed by atoms with van der Waals surface area (Å²) in [5.74, 6) is -0.213. The second kappa shape index (κ2) is 12.8. The fourth-order valence-corrected chi connectivity index (χ4v) is 6.16. The minimum Gasteiger partial charge on any atom is -0.497 e. The van der Waals surface area contributed by atoms with E-state index in [2.05, 4.69) is 51.2 Å². The van der Waals surface area contributed by atoms with Crippen LogP contribution in [0.2, 0.25) is 0 Å². The number of carbonyl (C=O) groups excluding carboxylic acids is 1. The molecule has 1 aliphatic rings. The summed E-state index contributed by atoms with van der Waals surface area (Å²) in [4.78, 5) is 12.0. The molecule has 0 saturated heterocycles. The number of benzene rings is 3. The second-order valence-electron chi connectivity index (χ2n) is 10.7. The van der Waals surface area contributed by atoms with E-state index in [-0.39, 0.29) is 6.54 Å². The van der Waals surface area contributed by atoms with Crippen molar-refractivity contribution in [1.82, 2.24) is 14.8 Å². The molecule has 7 nitrogen and oxygen atoms in total. The van der Waals surface area contributed by atoms with Gasteiger partial charge in [-0.1, -0.05) is 80.6 Å². The fourth-order valence-electron chi connectivity index (χ4n) is 5.12. The predicted octanol–water partition coefficient (Wildman–Crippen LogP) is 4.94. The van der Waals surface area contributed by atoms with Crippen LogP contribution in [-0.4, -0.2) is 34.0 Å². The van der Waals surface area contributed by atoms with Crippen LogP contribution in [0.3, 0.4) is 0 Å². The van der Waals surface area contributed by atoms with Gasteiger partial charge in [0.05, 0.1) is 7.11 Å². The van der Waals surface area contributed by atoms with Crippen LogP contribution in [0.4, 0.5) is 0 Å². The molecule has 0 heterocycles. The molecule has 3 aromatic carbocycles. The number of hydrogen-bond acceptors (Lipinski definition) is 5. The van der Waals surface area contributed by atoms with Crippen molar-refractivity contribution in [3.05, 3.63) is 90.0 Å². The zero-order valence-electron chi connectivity index (χ0n) is 22.9. The normalized spacial score (nSPS) is 19.5. The Morgan fingerprint density at radius 2 is 1.62 bits per heavy atom. The van der Waals surface area contributed by atoms with Crippen molar-refractivity contribution >= 4 is 16.1 Å². The Morgan fingerprint density at radius 3 is 2.26 bits per heavy atom. The van der Waals surface area contributed by atoms with Crippen LogP contribution in [-0.2, 0) is 27.0 Å². The summed E-state index contributed by atoms with van der Waals surface area (Å²) in [5, 5.41) is 3.70. The van der Waals surface area contributed by atoms with E-state index in [1.807, 2.05) is 42.5 Å². The highest BCUT2D eigenvalue weighted by Crippen LogP contribution is 2.40. The number of methoxy groups -OCH3 is 1. The smallest absolute Gasteiger partial charge is 0.301 e. The lowest BCUT2D eigenvalue weighted by molar-refractivity contribution is -0.122. The SMILES string of the molecule is COc1cccc(C2(CNS(=O)(=O)NC(=O)C(C)C)CCC(NCc3ccc(-c4ccccc4)cc3)CC2)c1. The summed E-state index contributed by atoms with van der Waals surface area (Å²) in [6.07, 6.45) is 3.40. The van der Waals surface area contributed by atoms with Gasteiger partial charge in [-0.25, -0.2) is 4.72 Å². The average molecular weight is 550 g/mol. The maximum absolute atomic E-state index is 12.6. The molecule has 0 atom stereocenters. The van der Waals surface area contributed by atoms with Gasteiger partial charge in [0.15, 0.2) is 0 Å². The largest absolute Gasteiger partial charge is 0.497 e. The lowest BCUT2D eigenvalue weighted by Gasteiger charge is -2.41. The monoisotopic (exact) mass is 549 g/mol. The standard InChI is InChI=1S/C31H39N3O4S/c1-23(2)30(35)34-39(36,37)33-22-31(27-10-7-11-29(20-27)38-3)18-16-28(17-19-31)32-21-24-12-14-26(15-13-24)25-8-5-4-6-9-25/h4-15,20,23,28,32-33H,16-19,21-22H2,1-3H3,(H,34,35). The Morgan fingerprint density at radius 1 is 0.949 bits per heavy atom. The van der Waals surface area contributed by atoms with Gasteiger partial charge < -0.3 is 10.1 Å². The Kier molecular flexibility index (Phi) is 9.43. The van der Waals surface area contributed by atoms with Crippen LogP contribution in [0.1, 0.15) is 50.7 Å². The highest BCUT2D eigenvalue weighted by atomic mass is 32.2. The zero-order valence-corrected chi connectivity index (χ0v) is 23.8. The molecular formula is C31H39N3O4S. The third-order valence-electron chi connectivity index (χ3n) is 7.64. The Balaban J connectivity index is 1.40. The quantitative estimate of drug-likeness (QED) is 0.315. The molecule has 3 aromatic rings. The molecule has 0 aromatic heterocycles. The third-order valence-corrected chi connectivity index (χ3v) is 8.63. The molecule has 1 saturated carbocycles. The van der Waals surface area contributed by atoms with Gasteiger partial charge in [-0.2, -0.15) is 13.1 Å². The molecule has 208 valence electrons. The first-order chi connectivity index (χ1) is 18.7. The molecule has 1 fully saturated rings. The first-order valence-electron chi connectivity index (χ1n) is 13.5. The molecule has 0 radical (unpaired) electrons. The fraction of sp³-hybridized carbons (Fsp3) is 0.387. The van der Waals surface area contributed by atoms with Crippen molar-refractivity contribution in [3.8, 4) is 16.9 Å². The van der Waals surface area contributed by atoms with Crippen molar-refractivity contribution in [2.24, 2.45) is 5.92 Å². The summed E-state index contributed by atoms with van der Waals surface area (Å²) in [6.45, 7) is 4.30. The number of rotatable bonds is 11. The number of ether oxygens (including phenoxy) is 1. The van der Waals surface area contributed by atoms with E-state index in [0.29, 0.717) is 6.04 Å². The number of hydrogen-bond donors (Lipinski definition) is 3. The minimum absolute atomic E-state index is 0.203. The third kappa shape index (κ3) is 7.68. The predicted molar refractivity (Wildman–Crippen MR) is 156 cm³/mol. The Bertz CT molecular complexity index is 1330. The first-order valence-corrected chi connectivity index (χ1v) is 15.0. The number of amides is 1. The summed E-state index contributed by atoms with van der Waals surface area (Å²) in [5.41, 5.74) is 4.27. The molecule has 0 aliphatic heterocycles. The number of carbonyl (C=O) groups is 1. The molecule has 8 heteroatoms. The summed E-state index contributed by atoms with van der Waals surface area (Å²) >= 11 is 0. The minimum atomic E-state index is -3.97. The van der Waals surface area contributed by atoms with Crippen LogP contribution < -0.4 is 19.5 Å². The zero-order chi connectivity index (χ0) is 27.9. The van der Waals surface area contributed by atoms with E-state index in [1.54, 1.807) is 21.0 Å². The van der Waals surface area contributed by atoms with Gasteiger partial charge in [0, 0.05) is 30.5 Å². The van der Waals surface area contributed by atoms with Crippen LogP contribution in [0, 0.1) is 5.92 Å². The van der Waals surface area contributed by atoms with Gasteiger partial charge in [0.1, 0.15) is 5.75 Å². The molecule has 4 rings (SSSR count). The van der Waals surface area contributed by atoms with E-state index in [4.69, 9.17) is 4.74 Å². The lowest BCUT2D eigenvalue weighted by Crippen LogP contribution is -2.50. The van der Waals surface area contributed by atoms with E-state index >= 15 is 0 Å². The molecule has 3 N–H and O–H groups in total. The van der Waals surface area contributed by atoms with Crippen LogP contribution in [0.5, 0.6) is 5.75 Å². The van der Waals surface area contributed by atoms with Gasteiger partial charge in [0.2, 0.25) is 5.91 Å². The van der Waals surface area contributed by atoms with Crippen molar-refractivity contribution in [3.63, 3.8) is 0 Å². The van der Waals surface area contributed by atoms with Crippen molar-refractivity contribution in [2.75, 3.05) is 13.7 Å². The van der Waals surface area contributed by atoms with Gasteiger partial charge >= 0.3 is 10.2 Å². The summed E-state index contributed by atoms with van der Waals surface area (Å²) in [7, 11) is -2.34. The molecule has 1 amide bonds. The van der Waals surface area contributed by atoms with Crippen LogP contribution in [0.15, 0.2) is 78.9 Å². The highest BCUT2D eigenvalue weighted by molar-refractivity contribution is 7.88. The van der Waals surface area contributed by atoms with Gasteiger partial charge in [-0.3, -0.25) is 4.79 Å². The summed E-state index contributed by atoms with van der Waals surface area (Å²) in [6, 6.07) is 27.2. The number of nitrogens with one attached hydrogen (secondary N) is 3. The van der Waals surface area contributed by atoms with Crippen molar-refractivity contribution in [2.45, 2.75) is 57.5 Å². The van der Waals surface area contributed by atoms with Crippen molar-refractivity contribution < 1.29 is 17.9 Å². The maximum atomic E-state index is 12.6. The lowest BCUT2D eigenvalue weighted by atomic mass is 9.68. The second-order valence-corrected chi connectivity index (χ2v) is 12.2. The molecule has 39 heavy (non-hydrogen) atoms. The van der Waals surface area contributed by atoms with E-state index in [1.165, 1.54) is 16.7 Å². The van der Waals surface area contributed by atoms with E-state index in [0.717, 1.165) is 43.5 Å². The van der Waals surface area contributed by atoms with Crippen LogP contribution >= 0.6 is 0 Å². The topological polar surface area (TPSA) is 96.5 Å². The van der Waals surface area contributed by atoms with Crippen molar-refractivity contribution in [1.29, 1.82) is 0 Å². The van der Waals surface area contributed by atoms with Crippen LogP contribution in [0.25, 0.3) is 11.1 Å². The molecule has 0 spiro atoms. The van der Waals surface area contributed by atoms with Gasteiger partial charge in [-0.05, 0) is 60.1 Å². The van der Waals surface area contributed by atoms with E-state index in [9.17, 15) is 13.2 Å². The first kappa shape index (κ1) is 28.8. The average Bonchev–Trinajstić information content (AvgIpc) is 2.96. The molecular weight excluding hydrogens is 510 g/mol. The molecule has 1 aliphatic carbocycles. The molecule has 0 bridgehead atoms. The molecule has 0 unspecified atom stereocenters. The Hall–Kier alpha value is -3.20. The van der Waals surface area contributed by atoms with E-state index < -0.39 is 27.4 Å². The highest BCUT2D eigenvalue weighted by Gasteiger charge is 2.38. The maximum Gasteiger partial charge on any atom is 0.301 e. The van der Waals surface area contributed by atoms with Gasteiger partial charge in [0.25, 0.3) is 0 Å².